The largest absolute Gasteiger partial charge is 0.299 e. The van der Waals surface area contributed by atoms with Gasteiger partial charge in [0.2, 0.25) is 0 Å². The van der Waals surface area contributed by atoms with E-state index < -0.39 is 0 Å². The molecule has 0 aromatic carbocycles. The molecule has 0 N–H and O–H groups in total. The molecule has 0 amide bonds. The van der Waals surface area contributed by atoms with E-state index in [2.05, 4.69) is 13.8 Å². The minimum absolute atomic E-state index is 0.0670. The van der Waals surface area contributed by atoms with Crippen molar-refractivity contribution in [3.8, 4) is 0 Å². The molecule has 0 bridgehead atoms. The fourth-order valence-electron chi connectivity index (χ4n) is 1.18. The van der Waals surface area contributed by atoms with Gasteiger partial charge in [-0.2, -0.15) is 0 Å². The Bertz CT molecular complexity index is 187. The van der Waals surface area contributed by atoms with Gasteiger partial charge in [-0.1, -0.05) is 38.2 Å². The number of allylic oxidation sites excluding steroid dienone is 4. The minimum Gasteiger partial charge on any atom is -0.299 e. The summed E-state index contributed by atoms with van der Waals surface area (Å²) in [6.45, 7) is 4.14. The summed E-state index contributed by atoms with van der Waals surface area (Å²) in [5.41, 5.74) is 0. The van der Waals surface area contributed by atoms with Gasteiger partial charge in [-0.05, 0) is 5.92 Å². The molecule has 0 aromatic rings. The molecule has 0 unspecified atom stereocenters. The van der Waals surface area contributed by atoms with Gasteiger partial charge < -0.3 is 0 Å². The van der Waals surface area contributed by atoms with Gasteiger partial charge in [0, 0.05) is 6.42 Å². The first-order valence-electron chi connectivity index (χ1n) is 4.08. The van der Waals surface area contributed by atoms with Gasteiger partial charge in [0.25, 0.3) is 0 Å². The maximum absolute atomic E-state index is 11.4. The Morgan fingerprint density at radius 1 is 1.36 bits per heavy atom. The molecule has 0 saturated carbocycles. The lowest BCUT2D eigenvalue weighted by Crippen LogP contribution is -2.10. The molecular formula is C10H14O. The van der Waals surface area contributed by atoms with Crippen LogP contribution in [0.1, 0.15) is 20.3 Å². The van der Waals surface area contributed by atoms with Crippen molar-refractivity contribution in [2.24, 2.45) is 11.8 Å². The molecule has 0 fully saturated rings. The molecule has 1 aliphatic carbocycles. The molecule has 0 heterocycles. The van der Waals surface area contributed by atoms with E-state index in [-0.39, 0.29) is 5.92 Å². The number of hydrogen-bond donors (Lipinski definition) is 0. The summed E-state index contributed by atoms with van der Waals surface area (Å²) in [5, 5.41) is 0. The average Bonchev–Trinajstić information content (AvgIpc) is 2.35. The molecule has 11 heavy (non-hydrogen) atoms. The number of carbonyl (C=O) groups excluding carboxylic acids is 1. The molecule has 0 spiro atoms. The van der Waals surface area contributed by atoms with Gasteiger partial charge in [0.05, 0.1) is 5.92 Å². The monoisotopic (exact) mass is 150 g/mol. The zero-order valence-corrected chi connectivity index (χ0v) is 7.08. The molecule has 0 aromatic heterocycles. The molecule has 1 aliphatic rings. The van der Waals surface area contributed by atoms with Crippen LogP contribution in [-0.4, -0.2) is 5.78 Å². The van der Waals surface area contributed by atoms with Gasteiger partial charge in [-0.3, -0.25) is 4.79 Å². The van der Waals surface area contributed by atoms with Gasteiger partial charge in [-0.15, -0.1) is 0 Å². The fraction of sp³-hybridized carbons (Fsp3) is 0.500. The van der Waals surface area contributed by atoms with E-state index in [1.165, 1.54) is 0 Å². The Morgan fingerprint density at radius 2 is 1.91 bits per heavy atom. The molecule has 0 saturated heterocycles. The lowest BCUT2D eigenvalue weighted by molar-refractivity contribution is -0.121. The fourth-order valence-corrected chi connectivity index (χ4v) is 1.18. The topological polar surface area (TPSA) is 17.1 Å². The van der Waals surface area contributed by atoms with E-state index in [9.17, 15) is 4.79 Å². The Kier molecular flexibility index (Phi) is 2.64. The Labute approximate surface area is 67.8 Å². The number of rotatable bonds is 3. The van der Waals surface area contributed by atoms with Gasteiger partial charge in [-0.25, -0.2) is 0 Å². The second-order valence-corrected chi connectivity index (χ2v) is 3.36. The van der Waals surface area contributed by atoms with Crippen molar-refractivity contribution in [3.63, 3.8) is 0 Å². The van der Waals surface area contributed by atoms with Crippen molar-refractivity contribution in [1.29, 1.82) is 0 Å². The summed E-state index contributed by atoms with van der Waals surface area (Å²) in [6, 6.07) is 0. The first-order chi connectivity index (χ1) is 5.20. The van der Waals surface area contributed by atoms with E-state index in [4.69, 9.17) is 0 Å². The third-order valence-electron chi connectivity index (χ3n) is 1.73. The van der Waals surface area contributed by atoms with Crippen LogP contribution in [0.2, 0.25) is 0 Å². The number of carbonyl (C=O) groups is 1. The zero-order valence-electron chi connectivity index (χ0n) is 7.08. The van der Waals surface area contributed by atoms with Crippen molar-refractivity contribution in [2.45, 2.75) is 20.3 Å². The van der Waals surface area contributed by atoms with Crippen LogP contribution in [0.25, 0.3) is 0 Å². The molecule has 60 valence electrons. The summed E-state index contributed by atoms with van der Waals surface area (Å²) in [7, 11) is 0. The normalized spacial score (nSPS) is 16.6. The van der Waals surface area contributed by atoms with Crippen LogP contribution in [0.4, 0.5) is 0 Å². The van der Waals surface area contributed by atoms with Crippen molar-refractivity contribution in [2.75, 3.05) is 0 Å². The molecule has 0 atom stereocenters. The molecule has 1 heteroatoms. The van der Waals surface area contributed by atoms with Crippen molar-refractivity contribution in [3.05, 3.63) is 24.3 Å². The third-order valence-corrected chi connectivity index (χ3v) is 1.73. The van der Waals surface area contributed by atoms with Crippen LogP contribution in [0.3, 0.4) is 0 Å². The van der Waals surface area contributed by atoms with Gasteiger partial charge in [0.1, 0.15) is 5.78 Å². The maximum atomic E-state index is 11.4. The smallest absolute Gasteiger partial charge is 0.143 e. The summed E-state index contributed by atoms with van der Waals surface area (Å²) in [4.78, 5) is 11.4. The summed E-state index contributed by atoms with van der Waals surface area (Å²) < 4.78 is 0. The van der Waals surface area contributed by atoms with Crippen LogP contribution >= 0.6 is 0 Å². The van der Waals surface area contributed by atoms with E-state index in [1.807, 2.05) is 24.3 Å². The van der Waals surface area contributed by atoms with E-state index in [0.717, 1.165) is 0 Å². The highest BCUT2D eigenvalue weighted by molar-refractivity contribution is 5.85. The molecule has 1 rings (SSSR count). The maximum Gasteiger partial charge on any atom is 0.143 e. The Balaban J connectivity index is 2.42. The molecule has 0 radical (unpaired) electrons. The molecule has 0 aliphatic heterocycles. The number of ketones is 1. The van der Waals surface area contributed by atoms with Crippen molar-refractivity contribution < 1.29 is 4.79 Å². The zero-order chi connectivity index (χ0) is 8.27. The summed E-state index contributed by atoms with van der Waals surface area (Å²) in [6.07, 6.45) is 8.46. The average molecular weight is 150 g/mol. The summed E-state index contributed by atoms with van der Waals surface area (Å²) >= 11 is 0. The number of hydrogen-bond acceptors (Lipinski definition) is 1. The van der Waals surface area contributed by atoms with Crippen LogP contribution < -0.4 is 0 Å². The third kappa shape index (κ3) is 2.34. The van der Waals surface area contributed by atoms with Crippen LogP contribution in [-0.2, 0) is 4.79 Å². The van der Waals surface area contributed by atoms with Crippen LogP contribution in [0, 0.1) is 11.8 Å². The standard InChI is InChI=1S/C10H14O/c1-8(2)7-10(11)9-5-3-4-6-9/h3-6,8-9H,7H2,1-2H3. The first-order valence-corrected chi connectivity index (χ1v) is 4.08. The lowest BCUT2D eigenvalue weighted by atomic mass is 9.98. The summed E-state index contributed by atoms with van der Waals surface area (Å²) in [5.74, 6) is 0.882. The van der Waals surface area contributed by atoms with E-state index >= 15 is 0 Å². The Morgan fingerprint density at radius 3 is 2.36 bits per heavy atom. The van der Waals surface area contributed by atoms with Crippen molar-refractivity contribution >= 4 is 5.78 Å². The van der Waals surface area contributed by atoms with Crippen LogP contribution in [0.5, 0.6) is 0 Å². The SMILES string of the molecule is CC(C)CC(=O)C1C=CC=C1. The highest BCUT2D eigenvalue weighted by Crippen LogP contribution is 2.14. The highest BCUT2D eigenvalue weighted by atomic mass is 16.1. The van der Waals surface area contributed by atoms with E-state index in [1.54, 1.807) is 0 Å². The Hall–Kier alpha value is -0.850. The lowest BCUT2D eigenvalue weighted by Gasteiger charge is -2.06. The quantitative estimate of drug-likeness (QED) is 0.603. The predicted octanol–water partition coefficient (Wildman–Crippen LogP) is 2.34. The molecular weight excluding hydrogens is 136 g/mol. The second-order valence-electron chi connectivity index (χ2n) is 3.36. The second kappa shape index (κ2) is 3.51. The van der Waals surface area contributed by atoms with E-state index in [0.29, 0.717) is 18.1 Å². The first kappa shape index (κ1) is 8.25. The van der Waals surface area contributed by atoms with Crippen molar-refractivity contribution in [1.82, 2.24) is 0 Å². The van der Waals surface area contributed by atoms with Crippen LogP contribution in [0.15, 0.2) is 24.3 Å². The van der Waals surface area contributed by atoms with Gasteiger partial charge in [0.15, 0.2) is 0 Å². The highest BCUT2D eigenvalue weighted by Gasteiger charge is 2.14. The molecule has 1 nitrogen and oxygen atoms in total. The number of Topliss-reactive ketones (excluding diaryl/α,β-unsaturated/α-hetero) is 1. The predicted molar refractivity (Wildman–Crippen MR) is 46.2 cm³/mol. The minimum atomic E-state index is 0.0670. The van der Waals surface area contributed by atoms with Gasteiger partial charge >= 0.3 is 0 Å².